The van der Waals surface area contributed by atoms with Crippen molar-refractivity contribution in [3.05, 3.63) is 89.9 Å². The van der Waals surface area contributed by atoms with Gasteiger partial charge < -0.3 is 10.2 Å². The minimum absolute atomic E-state index is 0.0904. The Hall–Kier alpha value is -3.43. The molecule has 0 radical (unpaired) electrons. The SMILES string of the molecule is O=C(O)C(C#CC1CC1)([P+](=O)O)C(O)(Cc1ccc(F)cc1)c1cccc(-c2ccccc2)n1. The molecule has 0 amide bonds. The number of carboxylic acid groups (broad SMARTS) is 1. The van der Waals surface area contributed by atoms with Crippen LogP contribution in [0.2, 0.25) is 0 Å². The smallest absolute Gasteiger partial charge is 0.477 e. The van der Waals surface area contributed by atoms with Gasteiger partial charge in [-0.2, -0.15) is 4.89 Å². The molecule has 34 heavy (non-hydrogen) atoms. The number of nitrogens with zero attached hydrogens (tertiary/aromatic N) is 1. The van der Waals surface area contributed by atoms with E-state index in [-0.39, 0.29) is 11.6 Å². The van der Waals surface area contributed by atoms with Crippen LogP contribution in [0.5, 0.6) is 0 Å². The van der Waals surface area contributed by atoms with E-state index in [1.165, 1.54) is 30.3 Å². The highest BCUT2D eigenvalue weighted by Gasteiger charge is 2.72. The number of hydrogen-bond acceptors (Lipinski definition) is 4. The number of pyridine rings is 1. The highest BCUT2D eigenvalue weighted by atomic mass is 31.1. The van der Waals surface area contributed by atoms with Gasteiger partial charge in [-0.15, -0.1) is 0 Å². The molecule has 3 aromatic rings. The van der Waals surface area contributed by atoms with Gasteiger partial charge in [-0.05, 0) is 53.2 Å². The fourth-order valence-electron chi connectivity index (χ4n) is 3.79. The largest absolute Gasteiger partial charge is 0.541 e. The number of carboxylic acids is 1. The molecule has 0 bridgehead atoms. The van der Waals surface area contributed by atoms with E-state index >= 15 is 0 Å². The summed E-state index contributed by atoms with van der Waals surface area (Å²) in [6.45, 7) is 0. The zero-order valence-electron chi connectivity index (χ0n) is 18.1. The van der Waals surface area contributed by atoms with Gasteiger partial charge in [-0.1, -0.05) is 54.5 Å². The van der Waals surface area contributed by atoms with Crippen molar-refractivity contribution in [3.8, 4) is 23.1 Å². The van der Waals surface area contributed by atoms with Crippen LogP contribution in [0.4, 0.5) is 4.39 Å². The Bertz CT molecular complexity index is 1270. The molecule has 3 unspecified atom stereocenters. The topological polar surface area (TPSA) is 108 Å². The first kappa shape index (κ1) is 23.7. The Labute approximate surface area is 197 Å². The summed E-state index contributed by atoms with van der Waals surface area (Å²) in [5.74, 6) is 2.89. The molecule has 0 aliphatic heterocycles. The molecule has 172 valence electrons. The first-order valence-electron chi connectivity index (χ1n) is 10.7. The molecular formula is C26H22FNO5P+. The van der Waals surface area contributed by atoms with Gasteiger partial charge in [0.15, 0.2) is 5.60 Å². The Balaban J connectivity index is 1.95. The second-order valence-electron chi connectivity index (χ2n) is 8.27. The number of benzene rings is 2. The van der Waals surface area contributed by atoms with Crippen LogP contribution in [-0.4, -0.2) is 31.2 Å². The van der Waals surface area contributed by atoms with Crippen LogP contribution in [0, 0.1) is 23.6 Å². The number of rotatable bonds is 7. The van der Waals surface area contributed by atoms with Crippen LogP contribution >= 0.6 is 8.03 Å². The summed E-state index contributed by atoms with van der Waals surface area (Å²) < 4.78 is 26.2. The van der Waals surface area contributed by atoms with Crippen LogP contribution in [0.15, 0.2) is 72.8 Å². The minimum atomic E-state index is -3.56. The Kier molecular flexibility index (Phi) is 6.58. The Morgan fingerprint density at radius 2 is 1.74 bits per heavy atom. The Morgan fingerprint density at radius 3 is 2.32 bits per heavy atom. The van der Waals surface area contributed by atoms with E-state index in [1.54, 1.807) is 24.3 Å². The zero-order chi connectivity index (χ0) is 24.3. The average Bonchev–Trinajstić information content (AvgIpc) is 3.66. The molecule has 1 saturated carbocycles. The number of aliphatic carboxylic acids is 1. The minimum Gasteiger partial charge on any atom is -0.477 e. The van der Waals surface area contributed by atoms with Crippen molar-refractivity contribution in [2.45, 2.75) is 30.0 Å². The number of halogens is 1. The van der Waals surface area contributed by atoms with Gasteiger partial charge in [0.1, 0.15) is 5.82 Å². The van der Waals surface area contributed by atoms with Gasteiger partial charge in [0.05, 0.1) is 11.4 Å². The van der Waals surface area contributed by atoms with Crippen molar-refractivity contribution in [1.82, 2.24) is 4.98 Å². The van der Waals surface area contributed by atoms with Gasteiger partial charge >= 0.3 is 19.2 Å². The van der Waals surface area contributed by atoms with Crippen molar-refractivity contribution in [1.29, 1.82) is 0 Å². The third kappa shape index (κ3) is 4.49. The van der Waals surface area contributed by atoms with Crippen LogP contribution in [-0.2, 0) is 21.4 Å². The van der Waals surface area contributed by atoms with E-state index in [2.05, 4.69) is 16.8 Å². The molecule has 0 spiro atoms. The van der Waals surface area contributed by atoms with E-state index in [1.807, 2.05) is 18.2 Å². The summed E-state index contributed by atoms with van der Waals surface area (Å²) in [4.78, 5) is 27.5. The van der Waals surface area contributed by atoms with Gasteiger partial charge in [-0.25, -0.2) is 14.2 Å². The second-order valence-corrected chi connectivity index (χ2v) is 9.49. The monoisotopic (exact) mass is 478 g/mol. The summed E-state index contributed by atoms with van der Waals surface area (Å²) >= 11 is 0. The number of aromatic nitrogens is 1. The molecule has 2 aromatic carbocycles. The van der Waals surface area contributed by atoms with E-state index < -0.39 is 37.0 Å². The van der Waals surface area contributed by atoms with E-state index in [4.69, 9.17) is 0 Å². The quantitative estimate of drug-likeness (QED) is 0.346. The predicted molar refractivity (Wildman–Crippen MR) is 124 cm³/mol. The van der Waals surface area contributed by atoms with Gasteiger partial charge in [0.2, 0.25) is 0 Å². The molecule has 1 aliphatic rings. The van der Waals surface area contributed by atoms with E-state index in [0.717, 1.165) is 12.8 Å². The summed E-state index contributed by atoms with van der Waals surface area (Å²) in [5.41, 5.74) is -1.12. The molecule has 8 heteroatoms. The van der Waals surface area contributed by atoms with Crippen LogP contribution < -0.4 is 0 Å². The van der Waals surface area contributed by atoms with Crippen LogP contribution in [0.25, 0.3) is 11.3 Å². The fourth-order valence-corrected chi connectivity index (χ4v) is 4.63. The average molecular weight is 478 g/mol. The number of aliphatic hydroxyl groups is 1. The number of carbonyl (C=O) groups is 1. The van der Waals surface area contributed by atoms with Gasteiger partial charge in [0, 0.05) is 17.9 Å². The zero-order valence-corrected chi connectivity index (χ0v) is 19.0. The molecule has 1 aromatic heterocycles. The summed E-state index contributed by atoms with van der Waals surface area (Å²) in [5, 5.41) is 19.6. The molecule has 4 rings (SSSR count). The molecule has 1 aliphatic carbocycles. The molecule has 1 heterocycles. The van der Waals surface area contributed by atoms with Crippen LogP contribution in [0.3, 0.4) is 0 Å². The van der Waals surface area contributed by atoms with Crippen molar-refractivity contribution in [2.24, 2.45) is 5.92 Å². The van der Waals surface area contributed by atoms with Gasteiger partial charge in [0.25, 0.3) is 0 Å². The highest BCUT2D eigenvalue weighted by molar-refractivity contribution is 7.42. The normalized spacial score (nSPS) is 17.0. The summed E-state index contributed by atoms with van der Waals surface area (Å²) in [6.07, 6.45) is 1.08. The second kappa shape index (κ2) is 9.44. The molecule has 1 fully saturated rings. The lowest BCUT2D eigenvalue weighted by molar-refractivity contribution is -0.146. The number of hydrogen-bond donors (Lipinski definition) is 3. The van der Waals surface area contributed by atoms with Crippen molar-refractivity contribution in [3.63, 3.8) is 0 Å². The van der Waals surface area contributed by atoms with Gasteiger partial charge in [-0.3, -0.25) is 0 Å². The van der Waals surface area contributed by atoms with Crippen LogP contribution in [0.1, 0.15) is 24.1 Å². The highest BCUT2D eigenvalue weighted by Crippen LogP contribution is 2.51. The maximum absolute atomic E-state index is 13.5. The maximum Gasteiger partial charge on any atom is 0.541 e. The van der Waals surface area contributed by atoms with Crippen molar-refractivity contribution in [2.75, 3.05) is 0 Å². The first-order valence-corrected chi connectivity index (χ1v) is 11.9. The van der Waals surface area contributed by atoms with Crippen molar-refractivity contribution < 1.29 is 28.9 Å². The Morgan fingerprint density at radius 1 is 1.06 bits per heavy atom. The fraction of sp³-hybridized carbons (Fsp3) is 0.231. The molecule has 0 saturated heterocycles. The predicted octanol–water partition coefficient (Wildman–Crippen LogP) is 4.29. The third-order valence-corrected chi connectivity index (χ3v) is 7.09. The molecular weight excluding hydrogens is 456 g/mol. The van der Waals surface area contributed by atoms with E-state index in [0.29, 0.717) is 16.8 Å². The van der Waals surface area contributed by atoms with Crippen molar-refractivity contribution >= 4 is 14.0 Å². The lowest BCUT2D eigenvalue weighted by Gasteiger charge is -2.32. The lowest BCUT2D eigenvalue weighted by Crippen LogP contribution is -2.55. The maximum atomic E-state index is 13.5. The molecule has 3 atom stereocenters. The molecule has 6 nitrogen and oxygen atoms in total. The third-order valence-electron chi connectivity index (χ3n) is 5.85. The summed E-state index contributed by atoms with van der Waals surface area (Å²) in [6, 6.07) is 18.8. The molecule has 3 N–H and O–H groups in total. The van der Waals surface area contributed by atoms with E-state index in [9.17, 15) is 28.9 Å². The lowest BCUT2D eigenvalue weighted by atomic mass is 9.78. The standard InChI is InChI=1S/C26H21FNO5P/c27-21-13-11-19(12-14-21)17-25(31,26(24(29)30,34(32)33)16-15-18-9-10-18)23-8-4-7-22(28-23)20-5-2-1-3-6-20/h1-8,11-14,18,31H,9-10,17H2,(H-,29,30,32,33)/p+1. The first-order chi connectivity index (χ1) is 16.3. The summed E-state index contributed by atoms with van der Waals surface area (Å²) in [7, 11) is -3.56.